The molecule has 0 spiro atoms. The van der Waals surface area contributed by atoms with Crippen LogP contribution >= 0.6 is 11.3 Å². The van der Waals surface area contributed by atoms with Crippen molar-refractivity contribution in [1.82, 2.24) is 8.87 Å². The molecular formula is C26H29N3O7S2. The Hall–Kier alpha value is -3.32. The quantitative estimate of drug-likeness (QED) is 0.463. The molecule has 0 radical (unpaired) electrons. The summed E-state index contributed by atoms with van der Waals surface area (Å²) in [4.78, 5) is 38.8. The first kappa shape index (κ1) is 27.7. The highest BCUT2D eigenvalue weighted by molar-refractivity contribution is 7.89. The number of ketones is 1. The Bertz CT molecular complexity index is 1590. The summed E-state index contributed by atoms with van der Waals surface area (Å²) in [6, 6.07) is 9.23. The number of anilines is 1. The van der Waals surface area contributed by atoms with Crippen LogP contribution in [0.25, 0.3) is 12.2 Å². The number of amides is 1. The van der Waals surface area contributed by atoms with Gasteiger partial charge in [0, 0.05) is 36.3 Å². The molecule has 12 heteroatoms. The van der Waals surface area contributed by atoms with Gasteiger partial charge in [0.25, 0.3) is 5.56 Å². The van der Waals surface area contributed by atoms with Crippen molar-refractivity contribution in [3.63, 3.8) is 0 Å². The number of sulfonamides is 1. The van der Waals surface area contributed by atoms with Crippen LogP contribution < -0.4 is 20.1 Å². The van der Waals surface area contributed by atoms with Crippen LogP contribution in [0.15, 0.2) is 56.8 Å². The second-order valence-electron chi connectivity index (χ2n) is 9.70. The number of hydrogen-bond acceptors (Lipinski definition) is 8. The van der Waals surface area contributed by atoms with Crippen molar-refractivity contribution in [3.05, 3.63) is 68.0 Å². The van der Waals surface area contributed by atoms with Crippen LogP contribution in [0, 0.1) is 5.41 Å². The molecule has 0 bridgehead atoms. The van der Waals surface area contributed by atoms with E-state index in [-0.39, 0.29) is 30.3 Å². The molecule has 1 amide bonds. The summed E-state index contributed by atoms with van der Waals surface area (Å²) in [5.74, 6) is -0.216. The van der Waals surface area contributed by atoms with Crippen molar-refractivity contribution < 1.29 is 27.2 Å². The first-order valence-electron chi connectivity index (χ1n) is 11.9. The molecule has 202 valence electrons. The lowest BCUT2D eigenvalue weighted by molar-refractivity contribution is -0.120. The summed E-state index contributed by atoms with van der Waals surface area (Å²) < 4.78 is 39.4. The van der Waals surface area contributed by atoms with Crippen LogP contribution in [-0.2, 0) is 30.9 Å². The van der Waals surface area contributed by atoms with E-state index in [1.54, 1.807) is 39.0 Å². The van der Waals surface area contributed by atoms with E-state index < -0.39 is 26.9 Å². The first-order valence-corrected chi connectivity index (χ1v) is 14.2. The van der Waals surface area contributed by atoms with E-state index in [2.05, 4.69) is 5.32 Å². The number of ether oxygens (including phenoxy) is 1. The lowest BCUT2D eigenvalue weighted by Gasteiger charge is -2.26. The summed E-state index contributed by atoms with van der Waals surface area (Å²) in [6.07, 6.45) is 4.43. The number of carbonyl (C=O) groups excluding carboxylic acids is 2. The van der Waals surface area contributed by atoms with Crippen molar-refractivity contribution in [1.29, 1.82) is 0 Å². The molecule has 1 N–H and O–H groups in total. The van der Waals surface area contributed by atoms with Crippen molar-refractivity contribution in [2.24, 2.45) is 5.41 Å². The van der Waals surface area contributed by atoms with Crippen molar-refractivity contribution in [2.45, 2.75) is 32.2 Å². The Kier molecular flexibility index (Phi) is 8.16. The number of carbonyl (C=O) groups is 2. The van der Waals surface area contributed by atoms with Crippen molar-refractivity contribution in [2.75, 3.05) is 31.6 Å². The SMILES string of the molecule is CC(C)(C)C(=O)/C=c1\s/c(=C/c2ccco2)c(=O)n1CC(=O)Nc1ccc(S(=O)(=O)N2CCOCC2)cc1. The number of Topliss-reactive ketones (excluding diaryl/α,β-unsaturated/α-hetero) is 1. The maximum Gasteiger partial charge on any atom is 0.269 e. The third-order valence-corrected chi connectivity index (χ3v) is 8.77. The molecule has 3 aromatic rings. The van der Waals surface area contributed by atoms with Gasteiger partial charge in [-0.2, -0.15) is 4.31 Å². The average Bonchev–Trinajstić information content (AvgIpc) is 3.48. The first-order chi connectivity index (χ1) is 17.9. The third kappa shape index (κ3) is 6.38. The summed E-state index contributed by atoms with van der Waals surface area (Å²) in [5, 5.41) is 2.69. The predicted molar refractivity (Wildman–Crippen MR) is 144 cm³/mol. The zero-order chi connectivity index (χ0) is 27.5. The molecule has 1 aliphatic rings. The van der Waals surface area contributed by atoms with E-state index in [0.717, 1.165) is 11.3 Å². The monoisotopic (exact) mass is 559 g/mol. The molecule has 4 rings (SSSR count). The molecule has 3 heterocycles. The lowest BCUT2D eigenvalue weighted by Crippen LogP contribution is -2.40. The fourth-order valence-corrected chi connectivity index (χ4v) is 6.04. The van der Waals surface area contributed by atoms with Crippen LogP contribution in [-0.4, -0.2) is 55.3 Å². The standard InChI is InChI=1S/C26H29N3O7S2/c1-26(2,3)22(30)16-24-29(25(32)21(37-24)15-19-5-4-12-36-19)17-23(31)27-18-6-8-20(9-7-18)38(33,34)28-10-13-35-14-11-28/h4-9,12,15-16H,10-11,13-14,17H2,1-3H3,(H,27,31)/b21-15+,24-16-. The van der Waals surface area contributed by atoms with E-state index in [9.17, 15) is 22.8 Å². The summed E-state index contributed by atoms with van der Waals surface area (Å²) in [5.41, 5.74) is -0.722. The molecule has 0 aliphatic carbocycles. The molecule has 2 aromatic heterocycles. The van der Waals surface area contributed by atoms with Crippen LogP contribution in [0.5, 0.6) is 0 Å². The molecule has 1 fully saturated rings. The van der Waals surface area contributed by atoms with Crippen LogP contribution in [0.1, 0.15) is 26.5 Å². The second-order valence-corrected chi connectivity index (χ2v) is 12.7. The Balaban J connectivity index is 1.58. The predicted octanol–water partition coefficient (Wildman–Crippen LogP) is 1.39. The Morgan fingerprint density at radius 2 is 1.79 bits per heavy atom. The minimum atomic E-state index is -3.66. The van der Waals surface area contributed by atoms with Gasteiger partial charge in [-0.3, -0.25) is 19.0 Å². The maximum atomic E-state index is 13.1. The number of hydrogen-bond donors (Lipinski definition) is 1. The third-order valence-electron chi connectivity index (χ3n) is 5.79. The summed E-state index contributed by atoms with van der Waals surface area (Å²) in [6.45, 7) is 6.24. The van der Waals surface area contributed by atoms with Crippen molar-refractivity contribution >= 4 is 50.9 Å². The number of morpholine rings is 1. The fourth-order valence-electron chi connectivity index (χ4n) is 3.61. The zero-order valence-corrected chi connectivity index (χ0v) is 22.9. The van der Waals surface area contributed by atoms with E-state index in [4.69, 9.17) is 9.15 Å². The van der Waals surface area contributed by atoms with E-state index in [1.807, 2.05) is 0 Å². The Morgan fingerprint density at radius 3 is 2.39 bits per heavy atom. The van der Waals surface area contributed by atoms with Crippen LogP contribution in [0.3, 0.4) is 0 Å². The van der Waals surface area contributed by atoms with Gasteiger partial charge in [0.15, 0.2) is 5.78 Å². The van der Waals surface area contributed by atoms with Gasteiger partial charge < -0.3 is 14.5 Å². The van der Waals surface area contributed by atoms with Gasteiger partial charge in [-0.1, -0.05) is 20.8 Å². The largest absolute Gasteiger partial charge is 0.465 e. The molecule has 1 saturated heterocycles. The Labute approximate surface area is 223 Å². The van der Waals surface area contributed by atoms with Gasteiger partial charge >= 0.3 is 0 Å². The minimum absolute atomic E-state index is 0.113. The highest BCUT2D eigenvalue weighted by Crippen LogP contribution is 2.19. The number of aromatic nitrogens is 1. The minimum Gasteiger partial charge on any atom is -0.465 e. The van der Waals surface area contributed by atoms with Gasteiger partial charge in [0.2, 0.25) is 15.9 Å². The average molecular weight is 560 g/mol. The molecule has 0 saturated carbocycles. The maximum absolute atomic E-state index is 13.1. The molecule has 0 atom stereocenters. The van der Waals surface area contributed by atoms with Crippen molar-refractivity contribution in [3.8, 4) is 0 Å². The number of rotatable bonds is 7. The second kappa shape index (κ2) is 11.2. The number of thiazole rings is 1. The van der Waals surface area contributed by atoms with Gasteiger partial charge in [-0.05, 0) is 36.4 Å². The molecule has 38 heavy (non-hydrogen) atoms. The topological polar surface area (TPSA) is 128 Å². The summed E-state index contributed by atoms with van der Waals surface area (Å²) in [7, 11) is -3.66. The Morgan fingerprint density at radius 1 is 1.11 bits per heavy atom. The zero-order valence-electron chi connectivity index (χ0n) is 21.3. The normalized spacial score (nSPS) is 16.1. The number of nitrogens with zero attached hydrogens (tertiary/aromatic N) is 2. The van der Waals surface area contributed by atoms with E-state index >= 15 is 0 Å². The van der Waals surface area contributed by atoms with Crippen LogP contribution in [0.4, 0.5) is 5.69 Å². The summed E-state index contributed by atoms with van der Waals surface area (Å²) >= 11 is 1.09. The molecular weight excluding hydrogens is 530 g/mol. The highest BCUT2D eigenvalue weighted by atomic mass is 32.2. The molecule has 1 aromatic carbocycles. The van der Waals surface area contributed by atoms with E-state index in [1.165, 1.54) is 45.5 Å². The van der Waals surface area contributed by atoms with Gasteiger partial charge in [-0.15, -0.1) is 11.3 Å². The smallest absolute Gasteiger partial charge is 0.269 e. The highest BCUT2D eigenvalue weighted by Gasteiger charge is 2.26. The van der Waals surface area contributed by atoms with Gasteiger partial charge in [0.05, 0.1) is 28.9 Å². The molecule has 10 nitrogen and oxygen atoms in total. The molecule has 0 unspecified atom stereocenters. The lowest BCUT2D eigenvalue weighted by atomic mass is 9.91. The van der Waals surface area contributed by atoms with Gasteiger partial charge in [0.1, 0.15) is 17.0 Å². The molecule has 1 aliphatic heterocycles. The number of furan rings is 1. The van der Waals surface area contributed by atoms with E-state index in [0.29, 0.717) is 33.9 Å². The van der Waals surface area contributed by atoms with Crippen LogP contribution in [0.2, 0.25) is 0 Å². The number of nitrogens with one attached hydrogen (secondary N) is 1. The fraction of sp³-hybridized carbons (Fsp3) is 0.346. The van der Waals surface area contributed by atoms with Gasteiger partial charge in [-0.25, -0.2) is 8.42 Å². The number of benzene rings is 1.